The van der Waals surface area contributed by atoms with Gasteiger partial charge in [0.05, 0.1) is 22.1 Å². The van der Waals surface area contributed by atoms with Gasteiger partial charge in [0.15, 0.2) is 0 Å². The third kappa shape index (κ3) is 2.71. The van der Waals surface area contributed by atoms with Gasteiger partial charge in [0.1, 0.15) is 0 Å². The molecule has 182 valence electrons. The van der Waals surface area contributed by atoms with Crippen molar-refractivity contribution in [2.24, 2.45) is 7.05 Å². The lowest BCUT2D eigenvalue weighted by Crippen LogP contribution is -1.98. The maximum absolute atomic E-state index is 5.14. The minimum atomic E-state index is 0.975. The summed E-state index contributed by atoms with van der Waals surface area (Å²) in [5, 5.41) is 0. The maximum atomic E-state index is 5.14. The lowest BCUT2D eigenvalue weighted by molar-refractivity contribution is 0.973. The van der Waals surface area contributed by atoms with E-state index in [1.54, 1.807) is 0 Å². The van der Waals surface area contributed by atoms with Gasteiger partial charge in [-0.2, -0.15) is 0 Å². The van der Waals surface area contributed by atoms with E-state index in [2.05, 4.69) is 128 Å². The summed E-state index contributed by atoms with van der Waals surface area (Å²) < 4.78 is 4.59. The fourth-order valence-corrected chi connectivity index (χ4v) is 6.43. The average molecular weight is 490 g/mol. The largest absolute Gasteiger partial charge is 0.313 e. The Morgan fingerprint density at radius 2 is 1.08 bits per heavy atom. The molecule has 0 radical (unpaired) electrons. The molecule has 38 heavy (non-hydrogen) atoms. The van der Waals surface area contributed by atoms with E-state index in [1.807, 2.05) is 0 Å². The van der Waals surface area contributed by atoms with E-state index in [0.717, 1.165) is 16.8 Å². The first kappa shape index (κ1) is 21.5. The second-order valence-electron chi connectivity index (χ2n) is 10.7. The van der Waals surface area contributed by atoms with Crippen LogP contribution in [0.1, 0.15) is 16.7 Å². The summed E-state index contributed by atoms with van der Waals surface area (Å²) in [5.41, 5.74) is 18.6. The molecule has 0 saturated heterocycles. The van der Waals surface area contributed by atoms with Gasteiger partial charge in [-0.15, -0.1) is 0 Å². The van der Waals surface area contributed by atoms with E-state index in [1.165, 1.54) is 72.2 Å². The summed E-state index contributed by atoms with van der Waals surface area (Å²) >= 11 is 0. The molecule has 0 saturated carbocycles. The standard InChI is InChI=1S/C35H27N3/c1-20-13-15-27-25-11-6-5-9-23(25)24-10-7-8-12-26(24)29-19-33-32(18-30(29)28(27)17-20)37(4)35-36-34-22(3)21(2)14-16-31(34)38(33)35/h5-19H,1-4H3. The second-order valence-corrected chi connectivity index (χ2v) is 10.7. The molecule has 7 aromatic rings. The lowest BCUT2D eigenvalue weighted by atomic mass is 9.80. The summed E-state index contributed by atoms with van der Waals surface area (Å²) in [7, 11) is 2.14. The zero-order valence-corrected chi connectivity index (χ0v) is 22.0. The van der Waals surface area contributed by atoms with Crippen LogP contribution in [-0.2, 0) is 7.05 Å². The van der Waals surface area contributed by atoms with Gasteiger partial charge in [-0.25, -0.2) is 4.98 Å². The molecule has 8 rings (SSSR count). The van der Waals surface area contributed by atoms with Gasteiger partial charge in [0, 0.05) is 7.05 Å². The van der Waals surface area contributed by atoms with Gasteiger partial charge in [0.2, 0.25) is 5.78 Å². The van der Waals surface area contributed by atoms with Crippen LogP contribution in [0.4, 0.5) is 0 Å². The van der Waals surface area contributed by atoms with Crippen LogP contribution in [0.5, 0.6) is 0 Å². The molecule has 5 aromatic carbocycles. The molecular weight excluding hydrogens is 462 g/mol. The smallest absolute Gasteiger partial charge is 0.215 e. The molecule has 2 aromatic heterocycles. The van der Waals surface area contributed by atoms with Gasteiger partial charge >= 0.3 is 0 Å². The Balaban J connectivity index is 1.58. The molecule has 0 bridgehead atoms. The molecule has 0 aliphatic heterocycles. The number of rotatable bonds is 0. The fraction of sp³-hybridized carbons (Fsp3) is 0.114. The highest BCUT2D eigenvalue weighted by Crippen LogP contribution is 2.49. The first-order chi connectivity index (χ1) is 18.5. The van der Waals surface area contributed by atoms with E-state index < -0.39 is 0 Å². The number of hydrogen-bond donors (Lipinski definition) is 0. The Bertz CT molecular complexity index is 2120. The van der Waals surface area contributed by atoms with Crippen LogP contribution >= 0.6 is 0 Å². The molecule has 3 heteroatoms. The Morgan fingerprint density at radius 3 is 1.76 bits per heavy atom. The van der Waals surface area contributed by atoms with E-state index in [0.29, 0.717) is 0 Å². The van der Waals surface area contributed by atoms with Crippen LogP contribution in [0.25, 0.3) is 72.4 Å². The molecule has 3 nitrogen and oxygen atoms in total. The number of aryl methyl sites for hydroxylation is 4. The number of benzene rings is 5. The Morgan fingerprint density at radius 1 is 0.526 bits per heavy atom. The molecule has 0 N–H and O–H groups in total. The van der Waals surface area contributed by atoms with Gasteiger partial charge in [-0.05, 0) is 94.6 Å². The normalized spacial score (nSPS) is 12.2. The number of fused-ring (bicyclic) bond motifs is 13. The third-order valence-corrected chi connectivity index (χ3v) is 8.54. The van der Waals surface area contributed by atoms with Crippen molar-refractivity contribution in [3.63, 3.8) is 0 Å². The Kier molecular flexibility index (Phi) is 4.21. The molecular formula is C35H27N3. The van der Waals surface area contributed by atoms with Crippen LogP contribution in [0.2, 0.25) is 0 Å². The van der Waals surface area contributed by atoms with Crippen molar-refractivity contribution in [1.29, 1.82) is 0 Å². The number of imidazole rings is 2. The van der Waals surface area contributed by atoms with Crippen LogP contribution in [0.3, 0.4) is 0 Å². The topological polar surface area (TPSA) is 22.2 Å². The highest BCUT2D eigenvalue weighted by molar-refractivity contribution is 6.07. The second kappa shape index (κ2) is 7.45. The van der Waals surface area contributed by atoms with Gasteiger partial charge in [-0.1, -0.05) is 78.4 Å². The van der Waals surface area contributed by atoms with Gasteiger partial charge in [0.25, 0.3) is 0 Å². The third-order valence-electron chi connectivity index (χ3n) is 8.54. The molecule has 1 aliphatic rings. The molecule has 1 aliphatic carbocycles. The molecule has 0 unspecified atom stereocenters. The Labute approximate surface area is 221 Å². The van der Waals surface area contributed by atoms with Crippen molar-refractivity contribution >= 4 is 27.8 Å². The number of aromatic nitrogens is 3. The van der Waals surface area contributed by atoms with Crippen molar-refractivity contribution < 1.29 is 0 Å². The number of hydrogen-bond acceptors (Lipinski definition) is 1. The molecule has 2 heterocycles. The fourth-order valence-electron chi connectivity index (χ4n) is 6.43. The first-order valence-corrected chi connectivity index (χ1v) is 13.2. The lowest BCUT2D eigenvalue weighted by Gasteiger charge is -2.23. The van der Waals surface area contributed by atoms with E-state index >= 15 is 0 Å². The van der Waals surface area contributed by atoms with Crippen molar-refractivity contribution in [2.75, 3.05) is 0 Å². The molecule has 0 amide bonds. The number of nitrogens with zero attached hydrogens (tertiary/aromatic N) is 3. The highest BCUT2D eigenvalue weighted by atomic mass is 15.2. The summed E-state index contributed by atoms with van der Waals surface area (Å²) in [6, 6.07) is 33.8. The van der Waals surface area contributed by atoms with E-state index in [-0.39, 0.29) is 0 Å². The maximum Gasteiger partial charge on any atom is 0.215 e. The summed E-state index contributed by atoms with van der Waals surface area (Å²) in [5.74, 6) is 0.975. The van der Waals surface area contributed by atoms with Crippen LogP contribution in [0.15, 0.2) is 91.0 Å². The van der Waals surface area contributed by atoms with Crippen molar-refractivity contribution in [3.05, 3.63) is 108 Å². The summed E-state index contributed by atoms with van der Waals surface area (Å²) in [6.07, 6.45) is 0. The van der Waals surface area contributed by atoms with Crippen molar-refractivity contribution in [1.82, 2.24) is 14.0 Å². The highest BCUT2D eigenvalue weighted by Gasteiger charge is 2.24. The molecule has 0 atom stereocenters. The van der Waals surface area contributed by atoms with E-state index in [4.69, 9.17) is 4.98 Å². The summed E-state index contributed by atoms with van der Waals surface area (Å²) in [4.78, 5) is 5.14. The Hall–Kier alpha value is -4.63. The van der Waals surface area contributed by atoms with E-state index in [9.17, 15) is 0 Å². The minimum absolute atomic E-state index is 0.975. The molecule has 0 spiro atoms. The van der Waals surface area contributed by atoms with Gasteiger partial charge in [-0.3, -0.25) is 4.40 Å². The predicted octanol–water partition coefficient (Wildman–Crippen LogP) is 8.89. The van der Waals surface area contributed by atoms with Crippen molar-refractivity contribution in [2.45, 2.75) is 20.8 Å². The van der Waals surface area contributed by atoms with Crippen LogP contribution in [0, 0.1) is 20.8 Å². The summed E-state index contributed by atoms with van der Waals surface area (Å²) in [6.45, 7) is 6.52. The minimum Gasteiger partial charge on any atom is -0.313 e. The van der Waals surface area contributed by atoms with Gasteiger partial charge < -0.3 is 4.57 Å². The SMILES string of the molecule is Cc1ccc2c(c1)-c1cc3c(cc1-c1ccccc1-c1ccccc1-2)n1c2ccc(C)c(C)c2nc1n3C. The predicted molar refractivity (Wildman–Crippen MR) is 159 cm³/mol. The molecule has 0 fully saturated rings. The van der Waals surface area contributed by atoms with Crippen LogP contribution in [-0.4, -0.2) is 14.0 Å². The average Bonchev–Trinajstić information content (AvgIpc) is 3.45. The zero-order valence-electron chi connectivity index (χ0n) is 22.0. The monoisotopic (exact) mass is 489 g/mol. The quantitative estimate of drug-likeness (QED) is 0.208. The zero-order chi connectivity index (χ0) is 25.7. The van der Waals surface area contributed by atoms with Crippen molar-refractivity contribution in [3.8, 4) is 44.5 Å². The first-order valence-electron chi connectivity index (χ1n) is 13.2. The van der Waals surface area contributed by atoms with Crippen LogP contribution < -0.4 is 0 Å².